The topological polar surface area (TPSA) is 49.9 Å². The number of carbonyl (C=O) groups excluding carboxylic acids is 2. The first kappa shape index (κ1) is 20.0. The number of thioether (sulfide) groups is 1. The molecule has 31 heavy (non-hydrogen) atoms. The minimum absolute atomic E-state index is 0.0984. The molecular weight excluding hydrogens is 432 g/mol. The molecule has 0 N–H and O–H groups in total. The summed E-state index contributed by atoms with van der Waals surface area (Å²) in [6.07, 6.45) is 0. The summed E-state index contributed by atoms with van der Waals surface area (Å²) in [5.74, 6) is 0.747. The first-order valence-corrected chi connectivity index (χ1v) is 11.2. The molecule has 3 aromatic carbocycles. The first-order chi connectivity index (χ1) is 15.0. The third-order valence-electron chi connectivity index (χ3n) is 5.62. The van der Waals surface area contributed by atoms with Gasteiger partial charge >= 0.3 is 0 Å². The van der Waals surface area contributed by atoms with Gasteiger partial charge in [0.2, 0.25) is 10.8 Å². The average molecular weight is 451 g/mol. The number of methoxy groups -OCH3 is 1. The van der Waals surface area contributed by atoms with Crippen LogP contribution in [0.3, 0.4) is 0 Å². The van der Waals surface area contributed by atoms with Gasteiger partial charge in [-0.3, -0.25) is 14.5 Å². The Morgan fingerprint density at radius 3 is 2.58 bits per heavy atom. The van der Waals surface area contributed by atoms with Crippen LogP contribution in [0.1, 0.15) is 11.1 Å². The maximum Gasteiger partial charge on any atom is 0.269 e. The van der Waals surface area contributed by atoms with Gasteiger partial charge in [-0.15, -0.1) is 11.8 Å². The molecule has 0 unspecified atom stereocenters. The van der Waals surface area contributed by atoms with Crippen LogP contribution in [0, 0.1) is 0 Å². The van der Waals surface area contributed by atoms with Crippen LogP contribution in [0.2, 0.25) is 5.02 Å². The first-order valence-electron chi connectivity index (χ1n) is 9.81. The Morgan fingerprint density at radius 2 is 1.81 bits per heavy atom. The molecule has 0 aromatic heterocycles. The van der Waals surface area contributed by atoms with E-state index in [-0.39, 0.29) is 17.6 Å². The fourth-order valence-electron chi connectivity index (χ4n) is 4.26. The van der Waals surface area contributed by atoms with Crippen molar-refractivity contribution in [2.75, 3.05) is 22.7 Å². The third-order valence-corrected chi connectivity index (χ3v) is 7.26. The predicted molar refractivity (Wildman–Crippen MR) is 124 cm³/mol. The molecule has 3 aromatic rings. The Hall–Kier alpha value is -2.96. The summed E-state index contributed by atoms with van der Waals surface area (Å²) in [7, 11) is 1.62. The number of para-hydroxylation sites is 1. The van der Waals surface area contributed by atoms with E-state index in [1.165, 1.54) is 11.8 Å². The Balaban J connectivity index is 1.61. The van der Waals surface area contributed by atoms with Crippen LogP contribution in [0.15, 0.2) is 72.8 Å². The number of ether oxygens (including phenoxy) is 1. The van der Waals surface area contributed by atoms with E-state index in [4.69, 9.17) is 16.3 Å². The lowest BCUT2D eigenvalue weighted by Gasteiger charge is -2.33. The number of anilines is 2. The van der Waals surface area contributed by atoms with Gasteiger partial charge in [0, 0.05) is 16.3 Å². The zero-order chi connectivity index (χ0) is 21.6. The van der Waals surface area contributed by atoms with Crippen LogP contribution in [-0.2, 0) is 21.0 Å². The van der Waals surface area contributed by atoms with Crippen LogP contribution in [0.4, 0.5) is 11.4 Å². The molecule has 0 aliphatic carbocycles. The zero-order valence-electron chi connectivity index (χ0n) is 16.7. The summed E-state index contributed by atoms with van der Waals surface area (Å²) in [5, 5.41) is 0.579. The van der Waals surface area contributed by atoms with E-state index in [0.29, 0.717) is 17.3 Å². The summed E-state index contributed by atoms with van der Waals surface area (Å²) in [4.78, 5) is 29.3. The quantitative estimate of drug-likeness (QED) is 0.571. The lowest BCUT2D eigenvalue weighted by molar-refractivity contribution is -0.123. The molecule has 0 bridgehead atoms. The molecule has 2 heterocycles. The van der Waals surface area contributed by atoms with Gasteiger partial charge in [-0.25, -0.2) is 0 Å². The molecule has 5 nitrogen and oxygen atoms in total. The average Bonchev–Trinajstić information content (AvgIpc) is 3.26. The van der Waals surface area contributed by atoms with Crippen LogP contribution in [0.5, 0.6) is 5.75 Å². The van der Waals surface area contributed by atoms with Crippen LogP contribution < -0.4 is 14.5 Å². The van der Waals surface area contributed by atoms with Crippen molar-refractivity contribution in [2.45, 2.75) is 11.4 Å². The second kappa shape index (κ2) is 7.62. The molecule has 156 valence electrons. The van der Waals surface area contributed by atoms with Gasteiger partial charge in [-0.05, 0) is 48.0 Å². The van der Waals surface area contributed by atoms with Crippen LogP contribution >= 0.6 is 23.4 Å². The van der Waals surface area contributed by atoms with Gasteiger partial charge in [0.05, 0.1) is 25.1 Å². The van der Waals surface area contributed by atoms with E-state index in [0.717, 1.165) is 22.6 Å². The molecule has 7 heteroatoms. The van der Waals surface area contributed by atoms with Gasteiger partial charge < -0.3 is 9.64 Å². The van der Waals surface area contributed by atoms with E-state index in [9.17, 15) is 9.59 Å². The molecule has 5 rings (SSSR count). The smallest absolute Gasteiger partial charge is 0.269 e. The van der Waals surface area contributed by atoms with Gasteiger partial charge in [0.25, 0.3) is 5.91 Å². The number of fused-ring (bicyclic) bond motifs is 2. The molecule has 1 fully saturated rings. The predicted octanol–water partition coefficient (Wildman–Crippen LogP) is 4.83. The summed E-state index contributed by atoms with van der Waals surface area (Å²) in [6, 6.07) is 22.4. The van der Waals surface area contributed by atoms with Crippen LogP contribution in [0.25, 0.3) is 0 Å². The van der Waals surface area contributed by atoms with Crippen molar-refractivity contribution in [1.82, 2.24) is 0 Å². The molecule has 1 atom stereocenters. The van der Waals surface area contributed by atoms with E-state index in [1.54, 1.807) is 41.2 Å². The lowest BCUT2D eigenvalue weighted by Crippen LogP contribution is -2.49. The van der Waals surface area contributed by atoms with Crippen molar-refractivity contribution in [3.05, 3.63) is 88.9 Å². The fourth-order valence-corrected chi connectivity index (χ4v) is 5.74. The number of hydrogen-bond acceptors (Lipinski definition) is 4. The minimum Gasteiger partial charge on any atom is -0.497 e. The van der Waals surface area contributed by atoms with E-state index < -0.39 is 4.87 Å². The van der Waals surface area contributed by atoms with Crippen molar-refractivity contribution in [2.24, 2.45) is 0 Å². The Labute approximate surface area is 189 Å². The van der Waals surface area contributed by atoms with Crippen molar-refractivity contribution < 1.29 is 14.3 Å². The second-order valence-corrected chi connectivity index (χ2v) is 9.00. The fraction of sp³-hybridized carbons (Fsp3) is 0.167. The van der Waals surface area contributed by atoms with Crippen molar-refractivity contribution in [3.8, 4) is 5.75 Å². The highest BCUT2D eigenvalue weighted by Crippen LogP contribution is 2.56. The van der Waals surface area contributed by atoms with Crippen LogP contribution in [-0.4, -0.2) is 24.7 Å². The zero-order valence-corrected chi connectivity index (χ0v) is 18.3. The molecule has 2 amide bonds. The number of rotatable bonds is 4. The van der Waals surface area contributed by atoms with E-state index in [2.05, 4.69) is 0 Å². The van der Waals surface area contributed by atoms with Crippen molar-refractivity contribution >= 4 is 46.6 Å². The highest BCUT2D eigenvalue weighted by molar-refractivity contribution is 8.02. The lowest BCUT2D eigenvalue weighted by atomic mass is 10.0. The standard InChI is InChI=1S/C24H19ClN2O3S/c1-30-19-6-4-5-16(13-19)14-26-21-8-3-2-7-20(21)24(23(26)29)27(22(28)15-31-24)18-11-9-17(25)10-12-18/h2-13H,14-15H2,1H3/t24-/m0/s1. The second-order valence-electron chi connectivity index (χ2n) is 7.40. The van der Waals surface area contributed by atoms with E-state index in [1.807, 2.05) is 48.5 Å². The molecular formula is C24H19ClN2O3S. The maximum atomic E-state index is 14.0. The monoisotopic (exact) mass is 450 g/mol. The number of nitrogens with zero attached hydrogens (tertiary/aromatic N) is 2. The molecule has 1 saturated heterocycles. The molecule has 0 radical (unpaired) electrons. The Morgan fingerprint density at radius 1 is 1.03 bits per heavy atom. The third kappa shape index (κ3) is 3.09. The molecule has 2 aliphatic rings. The normalized spacial score (nSPS) is 19.9. The number of halogens is 1. The largest absolute Gasteiger partial charge is 0.497 e. The number of benzene rings is 3. The highest BCUT2D eigenvalue weighted by atomic mass is 35.5. The van der Waals surface area contributed by atoms with Gasteiger partial charge in [0.1, 0.15) is 5.75 Å². The Kier molecular flexibility index (Phi) is 4.91. The number of amides is 2. The summed E-state index contributed by atoms with van der Waals surface area (Å²) >= 11 is 7.43. The minimum atomic E-state index is -1.12. The maximum absolute atomic E-state index is 14.0. The molecule has 2 aliphatic heterocycles. The van der Waals surface area contributed by atoms with Gasteiger partial charge in [0.15, 0.2) is 0 Å². The van der Waals surface area contributed by atoms with E-state index >= 15 is 0 Å². The summed E-state index contributed by atoms with van der Waals surface area (Å²) in [5.41, 5.74) is 3.25. The Bertz CT molecular complexity index is 1180. The SMILES string of the molecule is COc1cccc(CN2C(=O)[C@@]3(SCC(=O)N3c3ccc(Cl)cc3)c3ccccc32)c1. The highest BCUT2D eigenvalue weighted by Gasteiger charge is 2.60. The number of hydrogen-bond donors (Lipinski definition) is 0. The van der Waals surface area contributed by atoms with Gasteiger partial charge in [-0.1, -0.05) is 41.9 Å². The molecule has 0 saturated carbocycles. The molecule has 1 spiro atoms. The number of carbonyl (C=O) groups is 2. The van der Waals surface area contributed by atoms with Gasteiger partial charge in [-0.2, -0.15) is 0 Å². The summed E-state index contributed by atoms with van der Waals surface area (Å²) < 4.78 is 5.34. The van der Waals surface area contributed by atoms with Crippen molar-refractivity contribution in [1.29, 1.82) is 0 Å². The van der Waals surface area contributed by atoms with Crippen molar-refractivity contribution in [3.63, 3.8) is 0 Å². The summed E-state index contributed by atoms with van der Waals surface area (Å²) in [6.45, 7) is 0.387.